The van der Waals surface area contributed by atoms with Crippen molar-refractivity contribution in [3.63, 3.8) is 0 Å². The van der Waals surface area contributed by atoms with E-state index in [0.29, 0.717) is 49.8 Å². The molecule has 6 nitrogen and oxygen atoms in total. The number of nitrogens with one attached hydrogen (secondary N) is 2. The molecule has 1 heterocycles. The first kappa shape index (κ1) is 28.4. The van der Waals surface area contributed by atoms with Crippen LogP contribution in [-0.4, -0.2) is 41.3 Å². The molecule has 1 fully saturated rings. The maximum Gasteiger partial charge on any atom is 0.319 e. The fraction of sp³-hybridized carbons (Fsp3) is 0.296. The number of amides is 2. The van der Waals surface area contributed by atoms with Gasteiger partial charge in [-0.2, -0.15) is 0 Å². The van der Waals surface area contributed by atoms with Gasteiger partial charge in [0.2, 0.25) is 0 Å². The summed E-state index contributed by atoms with van der Waals surface area (Å²) in [4.78, 5) is 14.7. The summed E-state index contributed by atoms with van der Waals surface area (Å²) in [6.07, 6.45) is 1.11. The molecule has 37 heavy (non-hydrogen) atoms. The van der Waals surface area contributed by atoms with Crippen molar-refractivity contribution in [1.29, 1.82) is 0 Å². The van der Waals surface area contributed by atoms with Crippen LogP contribution in [0.5, 0.6) is 5.75 Å². The average Bonchev–Trinajstić information content (AvgIpc) is 2.87. The average molecular weight is 717 g/mol. The molecule has 0 bridgehead atoms. The van der Waals surface area contributed by atoms with Gasteiger partial charge < -0.3 is 20.5 Å². The molecule has 0 atom stereocenters. The predicted molar refractivity (Wildman–Crippen MR) is 158 cm³/mol. The quantitative estimate of drug-likeness (QED) is 0.228. The Hall–Kier alpha value is -1.62. The number of nitrogens with zero attached hydrogens (tertiary/aromatic N) is 1. The summed E-state index contributed by atoms with van der Waals surface area (Å²) >= 11 is 16.4. The van der Waals surface area contributed by atoms with E-state index in [1.165, 1.54) is 0 Å². The summed E-state index contributed by atoms with van der Waals surface area (Å²) in [5.41, 5.74) is 1.81. The molecular formula is C27H27Br3ClN3O3. The van der Waals surface area contributed by atoms with Crippen LogP contribution in [0.1, 0.15) is 24.0 Å². The Labute approximate surface area is 247 Å². The van der Waals surface area contributed by atoms with Gasteiger partial charge in [-0.25, -0.2) is 4.79 Å². The van der Waals surface area contributed by atoms with Gasteiger partial charge in [0.1, 0.15) is 12.4 Å². The van der Waals surface area contributed by atoms with Crippen molar-refractivity contribution in [1.82, 2.24) is 10.2 Å². The highest BCUT2D eigenvalue weighted by atomic mass is 79.9. The number of hydrogen-bond donors (Lipinski definition) is 3. The molecule has 1 aliphatic rings. The lowest BCUT2D eigenvalue weighted by atomic mass is 9.91. The first-order chi connectivity index (χ1) is 17.7. The molecule has 2 amide bonds. The second-order valence-corrected chi connectivity index (χ2v) is 12.1. The number of likely N-dealkylation sites (tertiary alicyclic amines) is 1. The minimum atomic E-state index is -0.954. The van der Waals surface area contributed by atoms with Crippen LogP contribution in [0, 0.1) is 0 Å². The summed E-state index contributed by atoms with van der Waals surface area (Å²) in [6, 6.07) is 18.9. The number of aliphatic hydroxyl groups is 1. The molecule has 0 aromatic heterocycles. The number of carbonyl (C=O) groups is 1. The Kier molecular flexibility index (Phi) is 9.94. The fourth-order valence-electron chi connectivity index (χ4n) is 4.12. The van der Waals surface area contributed by atoms with E-state index in [9.17, 15) is 9.90 Å². The van der Waals surface area contributed by atoms with Crippen molar-refractivity contribution in [3.8, 4) is 5.75 Å². The minimum Gasteiger partial charge on any atom is -0.489 e. The Morgan fingerprint density at radius 1 is 1.03 bits per heavy atom. The van der Waals surface area contributed by atoms with Gasteiger partial charge in [-0.05, 0) is 92.7 Å². The molecule has 3 N–H and O–H groups in total. The molecule has 3 aromatic carbocycles. The van der Waals surface area contributed by atoms with Gasteiger partial charge >= 0.3 is 6.03 Å². The highest BCUT2D eigenvalue weighted by Crippen LogP contribution is 2.31. The van der Waals surface area contributed by atoms with Crippen molar-refractivity contribution >= 4 is 71.1 Å². The van der Waals surface area contributed by atoms with Crippen LogP contribution in [0.15, 0.2) is 74.1 Å². The van der Waals surface area contributed by atoms with Crippen LogP contribution < -0.4 is 15.4 Å². The molecule has 10 heteroatoms. The fourth-order valence-corrected chi connectivity index (χ4v) is 5.85. The lowest BCUT2D eigenvalue weighted by Crippen LogP contribution is -2.51. The Morgan fingerprint density at radius 2 is 1.70 bits per heavy atom. The van der Waals surface area contributed by atoms with E-state index < -0.39 is 5.60 Å². The van der Waals surface area contributed by atoms with Crippen LogP contribution in [0.3, 0.4) is 0 Å². The molecule has 0 saturated carbocycles. The van der Waals surface area contributed by atoms with Crippen molar-refractivity contribution in [2.45, 2.75) is 31.6 Å². The van der Waals surface area contributed by atoms with E-state index >= 15 is 0 Å². The number of para-hydroxylation sites is 1. The summed E-state index contributed by atoms with van der Waals surface area (Å²) in [6.45, 7) is 2.75. The van der Waals surface area contributed by atoms with Crippen molar-refractivity contribution in [2.75, 3.05) is 25.0 Å². The smallest absolute Gasteiger partial charge is 0.319 e. The zero-order chi connectivity index (χ0) is 26.4. The van der Waals surface area contributed by atoms with Crippen molar-refractivity contribution in [3.05, 3.63) is 90.2 Å². The number of carbonyl (C=O) groups excluding carboxylic acids is 1. The number of benzene rings is 3. The van der Waals surface area contributed by atoms with E-state index in [0.717, 1.165) is 30.3 Å². The molecule has 0 spiro atoms. The maximum absolute atomic E-state index is 12.4. The first-order valence-electron chi connectivity index (χ1n) is 11.8. The third kappa shape index (κ3) is 8.18. The Morgan fingerprint density at radius 3 is 2.38 bits per heavy atom. The summed E-state index contributed by atoms with van der Waals surface area (Å²) in [7, 11) is 0. The normalized spacial score (nSPS) is 15.3. The van der Waals surface area contributed by atoms with Gasteiger partial charge in [-0.1, -0.05) is 45.7 Å². The summed E-state index contributed by atoms with van der Waals surface area (Å²) in [5.74, 6) is 0.829. The zero-order valence-corrected chi connectivity index (χ0v) is 25.5. The number of hydrogen-bond acceptors (Lipinski definition) is 4. The van der Waals surface area contributed by atoms with Crippen LogP contribution in [0.4, 0.5) is 10.5 Å². The largest absolute Gasteiger partial charge is 0.489 e. The molecule has 1 aliphatic heterocycles. The number of ether oxygens (including phenoxy) is 1. The number of urea groups is 1. The lowest BCUT2D eigenvalue weighted by molar-refractivity contribution is -0.0196. The maximum atomic E-state index is 12.4. The second kappa shape index (κ2) is 13.0. The monoisotopic (exact) mass is 713 g/mol. The van der Waals surface area contributed by atoms with E-state index in [2.05, 4.69) is 69.4 Å². The Bertz CT molecular complexity index is 1220. The van der Waals surface area contributed by atoms with Crippen molar-refractivity contribution in [2.24, 2.45) is 0 Å². The topological polar surface area (TPSA) is 73.8 Å². The van der Waals surface area contributed by atoms with Gasteiger partial charge in [-0.15, -0.1) is 0 Å². The highest BCUT2D eigenvalue weighted by Gasteiger charge is 2.33. The van der Waals surface area contributed by atoms with Crippen molar-refractivity contribution < 1.29 is 14.6 Å². The molecule has 196 valence electrons. The molecule has 3 aromatic rings. The third-order valence-corrected chi connectivity index (χ3v) is 8.36. The van der Waals surface area contributed by atoms with Crippen LogP contribution in [0.25, 0.3) is 0 Å². The first-order valence-corrected chi connectivity index (χ1v) is 14.6. The number of rotatable bonds is 8. The molecule has 4 rings (SSSR count). The van der Waals surface area contributed by atoms with Crippen LogP contribution >= 0.6 is 59.4 Å². The molecule has 0 unspecified atom stereocenters. The molecule has 0 radical (unpaired) electrons. The highest BCUT2D eigenvalue weighted by molar-refractivity contribution is 9.11. The van der Waals surface area contributed by atoms with Gasteiger partial charge in [0, 0.05) is 50.2 Å². The third-order valence-electron chi connectivity index (χ3n) is 6.29. The predicted octanol–water partition coefficient (Wildman–Crippen LogP) is 7.36. The SMILES string of the molecule is O=C(NCC1(O)CCN(Cc2cc(Br)ccc2OCc2ccc(Cl)cc2)CC1)Nc1c(Br)cccc1Br. The summed E-state index contributed by atoms with van der Waals surface area (Å²) in [5, 5.41) is 17.4. The van der Waals surface area contributed by atoms with E-state index in [-0.39, 0.29) is 12.6 Å². The number of halogens is 4. The zero-order valence-electron chi connectivity index (χ0n) is 19.9. The molecule has 1 saturated heterocycles. The lowest BCUT2D eigenvalue weighted by Gasteiger charge is -2.38. The summed E-state index contributed by atoms with van der Waals surface area (Å²) < 4.78 is 8.66. The molecular weight excluding hydrogens is 689 g/mol. The minimum absolute atomic E-state index is 0.182. The Balaban J connectivity index is 1.29. The van der Waals surface area contributed by atoms with Crippen LogP contribution in [-0.2, 0) is 13.2 Å². The van der Waals surface area contributed by atoms with Gasteiger partial charge in [0.05, 0.1) is 11.3 Å². The van der Waals surface area contributed by atoms with Gasteiger partial charge in [0.15, 0.2) is 0 Å². The molecule has 0 aliphatic carbocycles. The van der Waals surface area contributed by atoms with E-state index in [1.807, 2.05) is 54.6 Å². The van der Waals surface area contributed by atoms with E-state index in [4.69, 9.17) is 16.3 Å². The van der Waals surface area contributed by atoms with Gasteiger partial charge in [0.25, 0.3) is 0 Å². The van der Waals surface area contributed by atoms with E-state index in [1.54, 1.807) is 0 Å². The second-order valence-electron chi connectivity index (χ2n) is 9.07. The number of anilines is 1. The van der Waals surface area contributed by atoms with Crippen LogP contribution in [0.2, 0.25) is 5.02 Å². The van der Waals surface area contributed by atoms with Gasteiger partial charge in [-0.3, -0.25) is 4.90 Å². The number of piperidine rings is 1. The standard InChI is InChI=1S/C27H27Br3ClN3O3/c28-20-6-9-24(37-16-18-4-7-21(31)8-5-18)19(14-20)15-34-12-10-27(36,11-13-34)17-32-26(35)33-25-22(29)2-1-3-23(25)30/h1-9,14,36H,10-13,15-17H2,(H2,32,33,35).